The molecule has 1 N–H and O–H groups in total. The Hall–Kier alpha value is -2.18. The molecule has 0 aromatic carbocycles. The summed E-state index contributed by atoms with van der Waals surface area (Å²) in [7, 11) is 0. The monoisotopic (exact) mass is 314 g/mol. The molecule has 1 fully saturated rings. The quantitative estimate of drug-likeness (QED) is 0.927. The normalized spacial score (nSPS) is 19.3. The highest BCUT2D eigenvalue weighted by Gasteiger charge is 2.32. The average molecular weight is 314 g/mol. The second-order valence-corrected chi connectivity index (χ2v) is 6.72. The second-order valence-electron chi connectivity index (χ2n) is 6.72. The lowest BCUT2D eigenvalue weighted by Crippen LogP contribution is -2.40. The zero-order valence-electron chi connectivity index (χ0n) is 13.4. The molecule has 2 aromatic rings. The van der Waals surface area contributed by atoms with Gasteiger partial charge in [0.2, 0.25) is 5.91 Å². The van der Waals surface area contributed by atoms with Gasteiger partial charge in [-0.05, 0) is 12.8 Å². The average Bonchev–Trinajstić information content (AvgIpc) is 3.15. The van der Waals surface area contributed by atoms with Crippen molar-refractivity contribution >= 4 is 5.91 Å². The summed E-state index contributed by atoms with van der Waals surface area (Å²) in [5.41, 5.74) is 3.69. The van der Waals surface area contributed by atoms with E-state index < -0.39 is 0 Å². The molecule has 1 aliphatic heterocycles. The van der Waals surface area contributed by atoms with Crippen LogP contribution in [0.4, 0.5) is 0 Å². The van der Waals surface area contributed by atoms with E-state index in [1.54, 1.807) is 11.0 Å². The van der Waals surface area contributed by atoms with Gasteiger partial charge < -0.3 is 4.90 Å². The molecule has 1 saturated carbocycles. The van der Waals surface area contributed by atoms with E-state index in [0.29, 0.717) is 19.0 Å². The minimum Gasteiger partial charge on any atom is -0.338 e. The van der Waals surface area contributed by atoms with Gasteiger partial charge in [0.05, 0.1) is 18.2 Å². The van der Waals surface area contributed by atoms with Crippen molar-refractivity contribution in [2.45, 2.75) is 51.6 Å². The number of rotatable bonds is 4. The molecule has 1 atom stereocenters. The third kappa shape index (κ3) is 2.64. The molecule has 122 valence electrons. The molecule has 7 nitrogen and oxygen atoms in total. The molecule has 23 heavy (non-hydrogen) atoms. The molecule has 2 aliphatic rings. The highest BCUT2D eigenvalue weighted by Crippen LogP contribution is 2.38. The fourth-order valence-corrected chi connectivity index (χ4v) is 3.52. The molecule has 0 radical (unpaired) electrons. The maximum atomic E-state index is 12.8. The Morgan fingerprint density at radius 3 is 3.04 bits per heavy atom. The van der Waals surface area contributed by atoms with E-state index in [1.807, 2.05) is 11.8 Å². The van der Waals surface area contributed by atoms with E-state index >= 15 is 0 Å². The maximum absolute atomic E-state index is 12.8. The van der Waals surface area contributed by atoms with Crippen LogP contribution in [0.5, 0.6) is 0 Å². The molecule has 4 rings (SSSR count). The summed E-state index contributed by atoms with van der Waals surface area (Å²) in [6.45, 7) is 3.99. The fourth-order valence-electron chi connectivity index (χ4n) is 3.52. The van der Waals surface area contributed by atoms with E-state index in [4.69, 9.17) is 0 Å². The van der Waals surface area contributed by atoms with Crippen LogP contribution in [0, 0.1) is 5.92 Å². The fraction of sp³-hybridized carbons (Fsp3) is 0.625. The zero-order chi connectivity index (χ0) is 15.8. The van der Waals surface area contributed by atoms with Crippen LogP contribution < -0.4 is 0 Å². The summed E-state index contributed by atoms with van der Waals surface area (Å²) >= 11 is 0. The minimum atomic E-state index is -0.0997. The number of nitrogens with zero attached hydrogens (tertiary/aromatic N) is 5. The number of carbonyl (C=O) groups is 1. The molecular weight excluding hydrogens is 292 g/mol. The standard InChI is InChI=1S/C16H22N6O/c1-11(7-22-10-17-9-18-22)16(23)21-6-5-14-13(8-21)15(20-19-14)12-3-2-4-12/h9-12H,2-8H2,1H3,(H,19,20). The van der Waals surface area contributed by atoms with Crippen molar-refractivity contribution in [2.24, 2.45) is 5.92 Å². The van der Waals surface area contributed by atoms with Crippen LogP contribution in [0.25, 0.3) is 0 Å². The molecule has 0 saturated heterocycles. The van der Waals surface area contributed by atoms with Crippen molar-refractivity contribution in [1.29, 1.82) is 0 Å². The van der Waals surface area contributed by atoms with Gasteiger partial charge in [-0.25, -0.2) is 4.98 Å². The van der Waals surface area contributed by atoms with Crippen LogP contribution in [0.2, 0.25) is 0 Å². The van der Waals surface area contributed by atoms with E-state index in [0.717, 1.165) is 13.0 Å². The van der Waals surface area contributed by atoms with E-state index in [-0.39, 0.29) is 11.8 Å². The van der Waals surface area contributed by atoms with Gasteiger partial charge in [-0.15, -0.1) is 0 Å². The molecule has 1 unspecified atom stereocenters. The molecule has 2 aromatic heterocycles. The largest absolute Gasteiger partial charge is 0.338 e. The van der Waals surface area contributed by atoms with Crippen LogP contribution in [-0.2, 0) is 24.3 Å². The predicted molar refractivity (Wildman–Crippen MR) is 83.5 cm³/mol. The van der Waals surface area contributed by atoms with Crippen LogP contribution >= 0.6 is 0 Å². The number of carbonyl (C=O) groups excluding carboxylic acids is 1. The summed E-state index contributed by atoms with van der Waals surface area (Å²) in [4.78, 5) is 18.7. The molecule has 7 heteroatoms. The molecule has 1 amide bonds. The molecule has 1 aliphatic carbocycles. The van der Waals surface area contributed by atoms with Crippen LogP contribution in [-0.4, -0.2) is 42.3 Å². The Morgan fingerprint density at radius 1 is 1.48 bits per heavy atom. The van der Waals surface area contributed by atoms with Gasteiger partial charge >= 0.3 is 0 Å². The number of aromatic nitrogens is 5. The van der Waals surface area contributed by atoms with Crippen molar-refractivity contribution in [1.82, 2.24) is 29.9 Å². The van der Waals surface area contributed by atoms with E-state index in [2.05, 4.69) is 20.3 Å². The number of aromatic amines is 1. The van der Waals surface area contributed by atoms with Crippen LogP contribution in [0.15, 0.2) is 12.7 Å². The summed E-state index contributed by atoms with van der Waals surface area (Å²) < 4.78 is 1.72. The minimum absolute atomic E-state index is 0.0997. The van der Waals surface area contributed by atoms with Crippen LogP contribution in [0.3, 0.4) is 0 Å². The lowest BCUT2D eigenvalue weighted by molar-refractivity contribution is -0.136. The SMILES string of the molecule is CC(Cn1cncn1)C(=O)N1CCc2[nH]nc(C3CCC3)c2C1. The van der Waals surface area contributed by atoms with Gasteiger partial charge in [-0.2, -0.15) is 10.2 Å². The number of fused-ring (bicyclic) bond motifs is 1. The Morgan fingerprint density at radius 2 is 2.35 bits per heavy atom. The molecular formula is C16H22N6O. The summed E-state index contributed by atoms with van der Waals surface area (Å²) in [5, 5.41) is 11.8. The van der Waals surface area contributed by atoms with Crippen molar-refractivity contribution in [2.75, 3.05) is 6.54 Å². The summed E-state index contributed by atoms with van der Waals surface area (Å²) in [5.74, 6) is 0.682. The predicted octanol–water partition coefficient (Wildman–Crippen LogP) is 1.49. The van der Waals surface area contributed by atoms with E-state index in [9.17, 15) is 4.79 Å². The summed E-state index contributed by atoms with van der Waals surface area (Å²) in [6.07, 6.45) is 7.78. The maximum Gasteiger partial charge on any atom is 0.227 e. The van der Waals surface area contributed by atoms with Gasteiger partial charge in [0.15, 0.2) is 0 Å². The van der Waals surface area contributed by atoms with Gasteiger partial charge in [0, 0.05) is 36.7 Å². The Bertz CT molecular complexity index is 687. The Balaban J connectivity index is 1.46. The molecule has 3 heterocycles. The van der Waals surface area contributed by atoms with Crippen molar-refractivity contribution < 1.29 is 4.79 Å². The third-order valence-electron chi connectivity index (χ3n) is 5.12. The first-order valence-corrected chi connectivity index (χ1v) is 8.39. The van der Waals surface area contributed by atoms with Gasteiger partial charge in [-0.3, -0.25) is 14.6 Å². The first-order valence-electron chi connectivity index (χ1n) is 8.39. The summed E-state index contributed by atoms with van der Waals surface area (Å²) in [6, 6.07) is 0. The lowest BCUT2D eigenvalue weighted by Gasteiger charge is -2.31. The van der Waals surface area contributed by atoms with Gasteiger partial charge in [0.25, 0.3) is 0 Å². The Labute approximate surface area is 135 Å². The highest BCUT2D eigenvalue weighted by molar-refractivity contribution is 5.78. The van der Waals surface area contributed by atoms with Gasteiger partial charge in [-0.1, -0.05) is 13.3 Å². The van der Waals surface area contributed by atoms with Crippen molar-refractivity contribution in [3.63, 3.8) is 0 Å². The first-order chi connectivity index (χ1) is 11.2. The number of H-pyrrole nitrogens is 1. The third-order valence-corrected chi connectivity index (χ3v) is 5.12. The number of nitrogens with one attached hydrogen (secondary N) is 1. The van der Waals surface area contributed by atoms with Crippen molar-refractivity contribution in [3.05, 3.63) is 29.6 Å². The molecule has 0 spiro atoms. The Kier molecular flexibility index (Phi) is 3.63. The van der Waals surface area contributed by atoms with Gasteiger partial charge in [0.1, 0.15) is 12.7 Å². The second kappa shape index (κ2) is 5.79. The topological polar surface area (TPSA) is 79.7 Å². The number of amides is 1. The first kappa shape index (κ1) is 14.4. The number of hydrogen-bond donors (Lipinski definition) is 1. The highest BCUT2D eigenvalue weighted by atomic mass is 16.2. The van der Waals surface area contributed by atoms with Crippen LogP contribution in [0.1, 0.15) is 49.1 Å². The van der Waals surface area contributed by atoms with Crippen molar-refractivity contribution in [3.8, 4) is 0 Å². The van der Waals surface area contributed by atoms with E-state index in [1.165, 1.54) is 42.5 Å². The zero-order valence-corrected chi connectivity index (χ0v) is 13.4. The number of hydrogen-bond acceptors (Lipinski definition) is 4. The lowest BCUT2D eigenvalue weighted by atomic mass is 9.80. The molecule has 0 bridgehead atoms. The smallest absolute Gasteiger partial charge is 0.227 e.